The number of carbonyl (C=O) groups excluding carboxylic acids is 1. The first-order valence-electron chi connectivity index (χ1n) is 4.15. The third-order valence-corrected chi connectivity index (χ3v) is 2.55. The fourth-order valence-corrected chi connectivity index (χ4v) is 1.66. The minimum Gasteiger partial charge on any atom is -0.494 e. The van der Waals surface area contributed by atoms with Gasteiger partial charge in [-0.15, -0.1) is 0 Å². The first-order chi connectivity index (χ1) is 7.15. The van der Waals surface area contributed by atoms with Gasteiger partial charge in [-0.25, -0.2) is 9.18 Å². The van der Waals surface area contributed by atoms with Crippen LogP contribution in [0.4, 0.5) is 4.39 Å². The molecule has 82 valence electrons. The Labute approximate surface area is 95.3 Å². The molecular weight excluding hydrogens is 267 g/mol. The lowest BCUT2D eigenvalue weighted by molar-refractivity contribution is 0.0593. The second-order valence-corrected chi connectivity index (χ2v) is 3.30. The van der Waals surface area contributed by atoms with Crippen LogP contribution in [-0.2, 0) is 10.1 Å². The van der Waals surface area contributed by atoms with Crippen molar-refractivity contribution in [3.8, 4) is 5.75 Å². The molecule has 1 aromatic rings. The van der Waals surface area contributed by atoms with Crippen molar-refractivity contribution in [3.63, 3.8) is 0 Å². The molecule has 0 atom stereocenters. The van der Waals surface area contributed by atoms with Crippen LogP contribution in [0.15, 0.2) is 12.1 Å². The maximum atomic E-state index is 13.7. The van der Waals surface area contributed by atoms with Crippen molar-refractivity contribution in [1.82, 2.24) is 0 Å². The number of esters is 1. The van der Waals surface area contributed by atoms with Gasteiger partial charge in [0, 0.05) is 5.33 Å². The van der Waals surface area contributed by atoms with Crippen LogP contribution in [0.25, 0.3) is 0 Å². The van der Waals surface area contributed by atoms with Crippen molar-refractivity contribution in [2.75, 3.05) is 14.2 Å². The van der Waals surface area contributed by atoms with E-state index in [4.69, 9.17) is 4.74 Å². The van der Waals surface area contributed by atoms with Crippen LogP contribution in [0, 0.1) is 5.82 Å². The minimum absolute atomic E-state index is 0.0279. The number of methoxy groups -OCH3 is 2. The molecule has 1 aromatic carbocycles. The second kappa shape index (κ2) is 5.11. The van der Waals surface area contributed by atoms with Gasteiger partial charge in [0.05, 0.1) is 14.2 Å². The number of ether oxygens (including phenoxy) is 2. The van der Waals surface area contributed by atoms with Crippen LogP contribution < -0.4 is 4.74 Å². The number of benzene rings is 1. The van der Waals surface area contributed by atoms with E-state index in [2.05, 4.69) is 20.7 Å². The monoisotopic (exact) mass is 276 g/mol. The maximum Gasteiger partial charge on any atom is 0.341 e. The smallest absolute Gasteiger partial charge is 0.341 e. The van der Waals surface area contributed by atoms with Crippen LogP contribution in [0.1, 0.15) is 15.9 Å². The topological polar surface area (TPSA) is 35.5 Å². The van der Waals surface area contributed by atoms with Gasteiger partial charge in [-0.05, 0) is 11.6 Å². The van der Waals surface area contributed by atoms with Crippen LogP contribution in [-0.4, -0.2) is 20.2 Å². The van der Waals surface area contributed by atoms with E-state index >= 15 is 0 Å². The van der Waals surface area contributed by atoms with Gasteiger partial charge in [0.25, 0.3) is 0 Å². The zero-order valence-corrected chi connectivity index (χ0v) is 9.93. The van der Waals surface area contributed by atoms with Crippen molar-refractivity contribution in [1.29, 1.82) is 0 Å². The Bertz CT molecular complexity index is 379. The fraction of sp³-hybridized carbons (Fsp3) is 0.300. The number of hydrogen-bond acceptors (Lipinski definition) is 3. The summed E-state index contributed by atoms with van der Waals surface area (Å²) in [5, 5.41) is 0.373. The molecule has 0 saturated carbocycles. The molecule has 0 aliphatic carbocycles. The summed E-state index contributed by atoms with van der Waals surface area (Å²) in [7, 11) is 2.55. The van der Waals surface area contributed by atoms with Gasteiger partial charge in [-0.2, -0.15) is 0 Å². The van der Waals surface area contributed by atoms with Crippen molar-refractivity contribution in [2.45, 2.75) is 5.33 Å². The Hall–Kier alpha value is -1.10. The zero-order valence-electron chi connectivity index (χ0n) is 8.34. The molecule has 1 rings (SSSR count). The van der Waals surface area contributed by atoms with Crippen molar-refractivity contribution in [3.05, 3.63) is 29.1 Å². The third kappa shape index (κ3) is 2.28. The third-order valence-electron chi connectivity index (χ3n) is 1.95. The minimum atomic E-state index is -0.708. The van der Waals surface area contributed by atoms with Crippen LogP contribution in [0.5, 0.6) is 5.75 Å². The van der Waals surface area contributed by atoms with E-state index in [1.54, 1.807) is 6.07 Å². The molecule has 0 unspecified atom stereocenters. The average Bonchev–Trinajstić information content (AvgIpc) is 2.27. The molecule has 0 radical (unpaired) electrons. The van der Waals surface area contributed by atoms with Gasteiger partial charge in [-0.1, -0.05) is 22.0 Å². The summed E-state index contributed by atoms with van der Waals surface area (Å²) in [5.41, 5.74) is 0.439. The first-order valence-corrected chi connectivity index (χ1v) is 5.27. The number of rotatable bonds is 3. The number of halogens is 2. The van der Waals surface area contributed by atoms with E-state index in [9.17, 15) is 9.18 Å². The Kier molecular flexibility index (Phi) is 4.08. The maximum absolute atomic E-state index is 13.7. The lowest BCUT2D eigenvalue weighted by Gasteiger charge is -2.09. The largest absolute Gasteiger partial charge is 0.494 e. The van der Waals surface area contributed by atoms with Crippen molar-refractivity contribution in [2.24, 2.45) is 0 Å². The lowest BCUT2D eigenvalue weighted by Crippen LogP contribution is -2.09. The number of alkyl halides is 1. The predicted octanol–water partition coefficient (Wildman–Crippen LogP) is 2.52. The van der Waals surface area contributed by atoms with Gasteiger partial charge in [0.2, 0.25) is 0 Å². The summed E-state index contributed by atoms with van der Waals surface area (Å²) in [5.74, 6) is -1.37. The average molecular weight is 277 g/mol. The zero-order chi connectivity index (χ0) is 11.4. The van der Waals surface area contributed by atoms with E-state index in [-0.39, 0.29) is 11.3 Å². The van der Waals surface area contributed by atoms with Gasteiger partial charge in [-0.3, -0.25) is 0 Å². The summed E-state index contributed by atoms with van der Waals surface area (Å²) in [6, 6.07) is 3.08. The molecule has 5 heteroatoms. The highest BCUT2D eigenvalue weighted by atomic mass is 79.9. The molecule has 0 aliphatic heterocycles. The number of carbonyl (C=O) groups is 1. The normalized spacial score (nSPS) is 9.87. The molecule has 15 heavy (non-hydrogen) atoms. The molecular formula is C10H10BrFO3. The van der Waals surface area contributed by atoms with E-state index in [1.807, 2.05) is 0 Å². The van der Waals surface area contributed by atoms with Gasteiger partial charge in [0.15, 0.2) is 11.6 Å². The molecule has 3 nitrogen and oxygen atoms in total. The summed E-state index contributed by atoms with van der Waals surface area (Å²) >= 11 is 3.17. The van der Waals surface area contributed by atoms with E-state index < -0.39 is 11.8 Å². The summed E-state index contributed by atoms with van der Waals surface area (Å²) < 4.78 is 23.0. The summed E-state index contributed by atoms with van der Waals surface area (Å²) in [6.07, 6.45) is 0. The van der Waals surface area contributed by atoms with Crippen molar-refractivity contribution < 1.29 is 18.7 Å². The molecule has 0 aromatic heterocycles. The molecule has 0 saturated heterocycles. The standard InChI is InChI=1S/C10H10BrFO3/c1-14-7-4-3-6(5-11)8(9(7)12)10(13)15-2/h3-4H,5H2,1-2H3. The number of hydrogen-bond donors (Lipinski definition) is 0. The summed E-state index contributed by atoms with van der Waals surface area (Å²) in [4.78, 5) is 11.3. The van der Waals surface area contributed by atoms with Crippen LogP contribution >= 0.6 is 15.9 Å². The molecule has 0 spiro atoms. The highest BCUT2D eigenvalue weighted by molar-refractivity contribution is 9.08. The Morgan fingerprint density at radius 2 is 2.13 bits per heavy atom. The Morgan fingerprint density at radius 3 is 2.60 bits per heavy atom. The highest BCUT2D eigenvalue weighted by Crippen LogP contribution is 2.25. The molecule has 0 N–H and O–H groups in total. The van der Waals surface area contributed by atoms with Gasteiger partial charge < -0.3 is 9.47 Å². The van der Waals surface area contributed by atoms with E-state index in [0.717, 1.165) is 0 Å². The second-order valence-electron chi connectivity index (χ2n) is 2.74. The fourth-order valence-electron chi connectivity index (χ4n) is 1.19. The van der Waals surface area contributed by atoms with E-state index in [1.165, 1.54) is 20.3 Å². The molecule has 0 bridgehead atoms. The molecule has 0 amide bonds. The van der Waals surface area contributed by atoms with Crippen LogP contribution in [0.2, 0.25) is 0 Å². The Balaban J connectivity index is 3.35. The van der Waals surface area contributed by atoms with Gasteiger partial charge in [0.1, 0.15) is 5.56 Å². The highest BCUT2D eigenvalue weighted by Gasteiger charge is 2.20. The molecule has 0 heterocycles. The molecule has 0 aliphatic rings. The van der Waals surface area contributed by atoms with Crippen molar-refractivity contribution >= 4 is 21.9 Å². The van der Waals surface area contributed by atoms with Gasteiger partial charge >= 0.3 is 5.97 Å². The molecule has 0 fully saturated rings. The van der Waals surface area contributed by atoms with E-state index in [0.29, 0.717) is 10.9 Å². The quantitative estimate of drug-likeness (QED) is 0.629. The first kappa shape index (κ1) is 12.0. The Morgan fingerprint density at radius 1 is 1.47 bits per heavy atom. The van der Waals surface area contributed by atoms with Crippen LogP contribution in [0.3, 0.4) is 0 Å². The SMILES string of the molecule is COC(=O)c1c(CBr)ccc(OC)c1F. The summed E-state index contributed by atoms with van der Waals surface area (Å²) in [6.45, 7) is 0. The lowest BCUT2D eigenvalue weighted by atomic mass is 10.1. The predicted molar refractivity (Wildman–Crippen MR) is 56.9 cm³/mol.